The molecule has 0 aliphatic heterocycles. The summed E-state index contributed by atoms with van der Waals surface area (Å²) in [5.41, 5.74) is 0.517. The Bertz CT molecular complexity index is 570. The fraction of sp³-hybridized carbons (Fsp3) is 0.364. The van der Waals surface area contributed by atoms with E-state index in [1.165, 1.54) is 20.0 Å². The van der Waals surface area contributed by atoms with Crippen LogP contribution in [0, 0.1) is 6.92 Å². The Kier molecular flexibility index (Phi) is 4.37. The summed E-state index contributed by atoms with van der Waals surface area (Å²) in [5.74, 6) is -1.21. The molecule has 1 N–H and O–H groups in total. The van der Waals surface area contributed by atoms with Gasteiger partial charge in [-0.2, -0.15) is 4.31 Å². The normalized spacial score (nSPS) is 13.6. The fourth-order valence-corrected chi connectivity index (χ4v) is 3.18. The van der Waals surface area contributed by atoms with Gasteiger partial charge in [-0.15, -0.1) is 0 Å². The second-order valence-electron chi connectivity index (χ2n) is 3.95. The zero-order valence-electron chi connectivity index (χ0n) is 10.2. The zero-order chi connectivity index (χ0) is 14.1. The number of carboxylic acid groups (broad SMARTS) is 1. The van der Waals surface area contributed by atoms with Gasteiger partial charge in [-0.3, -0.25) is 4.79 Å². The lowest BCUT2D eigenvalue weighted by Crippen LogP contribution is -2.40. The number of carboxylic acids is 1. The number of likely N-dealkylation sites (N-methyl/N-ethyl adjacent to an activating group) is 1. The van der Waals surface area contributed by atoms with Crippen molar-refractivity contribution in [1.29, 1.82) is 0 Å². The highest BCUT2D eigenvalue weighted by Crippen LogP contribution is 2.23. The van der Waals surface area contributed by atoms with E-state index in [9.17, 15) is 13.2 Å². The van der Waals surface area contributed by atoms with Crippen molar-refractivity contribution >= 4 is 27.6 Å². The van der Waals surface area contributed by atoms with Crippen LogP contribution < -0.4 is 0 Å². The Morgan fingerprint density at radius 3 is 2.50 bits per heavy atom. The molecule has 1 rings (SSSR count). The summed E-state index contributed by atoms with van der Waals surface area (Å²) in [5, 5.41) is 9.14. The number of carbonyl (C=O) groups is 1. The minimum absolute atomic E-state index is 0.0191. The van der Waals surface area contributed by atoms with Crippen LogP contribution in [0.5, 0.6) is 0 Å². The maximum absolute atomic E-state index is 12.3. The van der Waals surface area contributed by atoms with E-state index in [0.29, 0.717) is 5.56 Å². The number of aryl methyl sites for hydroxylation is 1. The zero-order valence-corrected chi connectivity index (χ0v) is 11.8. The fourth-order valence-electron chi connectivity index (χ4n) is 1.37. The van der Waals surface area contributed by atoms with E-state index in [2.05, 4.69) is 0 Å². The van der Waals surface area contributed by atoms with E-state index in [0.717, 1.165) is 4.31 Å². The summed E-state index contributed by atoms with van der Waals surface area (Å²) >= 11 is 5.77. The molecule has 0 radical (unpaired) electrons. The van der Waals surface area contributed by atoms with E-state index in [1.807, 2.05) is 0 Å². The van der Waals surface area contributed by atoms with Gasteiger partial charge in [-0.25, -0.2) is 8.42 Å². The summed E-state index contributed by atoms with van der Waals surface area (Å²) in [7, 11) is -2.64. The molecule has 0 spiro atoms. The molecular formula is C11H14ClNO4S. The van der Waals surface area contributed by atoms with Gasteiger partial charge < -0.3 is 5.11 Å². The quantitative estimate of drug-likeness (QED) is 0.917. The first-order chi connectivity index (χ1) is 8.17. The number of benzene rings is 1. The Morgan fingerprint density at radius 2 is 2.00 bits per heavy atom. The van der Waals surface area contributed by atoms with Crippen molar-refractivity contribution in [3.63, 3.8) is 0 Å². The number of hydrogen-bond acceptors (Lipinski definition) is 3. The van der Waals surface area contributed by atoms with E-state index in [4.69, 9.17) is 16.7 Å². The van der Waals surface area contributed by atoms with Crippen molar-refractivity contribution in [3.05, 3.63) is 28.8 Å². The molecule has 0 aliphatic rings. The summed E-state index contributed by atoms with van der Waals surface area (Å²) in [6, 6.07) is 3.33. The largest absolute Gasteiger partial charge is 0.480 e. The number of nitrogens with zero attached hydrogens (tertiary/aromatic N) is 1. The molecule has 0 aromatic heterocycles. The Balaban J connectivity index is 3.29. The molecule has 0 unspecified atom stereocenters. The highest BCUT2D eigenvalue weighted by molar-refractivity contribution is 7.89. The van der Waals surface area contributed by atoms with Gasteiger partial charge in [-0.05, 0) is 31.5 Å². The number of halogens is 1. The SMILES string of the molecule is Cc1ccc(Cl)cc1S(=O)(=O)N(C)[C@@H](C)C(=O)O. The van der Waals surface area contributed by atoms with Crippen LogP contribution in [0.15, 0.2) is 23.1 Å². The minimum atomic E-state index is -3.87. The van der Waals surface area contributed by atoms with Gasteiger partial charge in [0.05, 0.1) is 4.90 Å². The second kappa shape index (κ2) is 5.26. The molecule has 7 heteroatoms. The molecule has 0 amide bonds. The summed E-state index contributed by atoms with van der Waals surface area (Å²) in [6.07, 6.45) is 0. The monoisotopic (exact) mass is 291 g/mol. The lowest BCUT2D eigenvalue weighted by atomic mass is 10.2. The van der Waals surface area contributed by atoms with E-state index >= 15 is 0 Å². The van der Waals surface area contributed by atoms with Crippen molar-refractivity contribution in [3.8, 4) is 0 Å². The van der Waals surface area contributed by atoms with Crippen molar-refractivity contribution in [2.24, 2.45) is 0 Å². The van der Waals surface area contributed by atoms with Crippen LogP contribution in [0.2, 0.25) is 5.02 Å². The van der Waals surface area contributed by atoms with Gasteiger partial charge in [-0.1, -0.05) is 17.7 Å². The smallest absolute Gasteiger partial charge is 0.321 e. The second-order valence-corrected chi connectivity index (χ2v) is 6.35. The predicted molar refractivity (Wildman–Crippen MR) is 68.2 cm³/mol. The molecule has 1 atom stereocenters. The van der Waals surface area contributed by atoms with Crippen LogP contribution in [0.3, 0.4) is 0 Å². The van der Waals surface area contributed by atoms with Crippen LogP contribution in [-0.2, 0) is 14.8 Å². The van der Waals surface area contributed by atoms with Crippen molar-refractivity contribution in [2.45, 2.75) is 24.8 Å². The first-order valence-corrected chi connectivity index (χ1v) is 6.96. The summed E-state index contributed by atoms with van der Waals surface area (Å²) < 4.78 is 25.3. The third-order valence-corrected chi connectivity index (χ3v) is 5.02. The topological polar surface area (TPSA) is 74.7 Å². The molecule has 0 saturated heterocycles. The molecule has 18 heavy (non-hydrogen) atoms. The van der Waals surface area contributed by atoms with Gasteiger partial charge in [0.2, 0.25) is 10.0 Å². The number of hydrogen-bond donors (Lipinski definition) is 1. The summed E-state index contributed by atoms with van der Waals surface area (Å²) in [6.45, 7) is 2.93. The number of rotatable bonds is 4. The van der Waals surface area contributed by atoms with E-state index < -0.39 is 22.0 Å². The molecule has 100 valence electrons. The molecule has 1 aromatic carbocycles. The standard InChI is InChI=1S/C11H14ClNO4S/c1-7-4-5-9(12)6-10(7)18(16,17)13(3)8(2)11(14)15/h4-6,8H,1-3H3,(H,14,15)/t8-/m0/s1. The third-order valence-electron chi connectivity index (χ3n) is 2.71. The van der Waals surface area contributed by atoms with Gasteiger partial charge in [0.25, 0.3) is 0 Å². The van der Waals surface area contributed by atoms with Crippen LogP contribution in [0.4, 0.5) is 0 Å². The molecule has 0 aliphatic carbocycles. The maximum atomic E-state index is 12.3. The first kappa shape index (κ1) is 14.9. The van der Waals surface area contributed by atoms with E-state index in [-0.39, 0.29) is 9.92 Å². The molecular weight excluding hydrogens is 278 g/mol. The molecule has 0 bridgehead atoms. The van der Waals surface area contributed by atoms with Crippen molar-refractivity contribution < 1.29 is 18.3 Å². The minimum Gasteiger partial charge on any atom is -0.480 e. The highest BCUT2D eigenvalue weighted by Gasteiger charge is 2.30. The Morgan fingerprint density at radius 1 is 1.44 bits per heavy atom. The first-order valence-electron chi connectivity index (χ1n) is 5.15. The predicted octanol–water partition coefficient (Wildman–Crippen LogP) is 1.74. The molecule has 5 nitrogen and oxygen atoms in total. The molecule has 0 heterocycles. The maximum Gasteiger partial charge on any atom is 0.321 e. The average molecular weight is 292 g/mol. The number of sulfonamides is 1. The lowest BCUT2D eigenvalue weighted by molar-refractivity contribution is -0.140. The summed E-state index contributed by atoms with van der Waals surface area (Å²) in [4.78, 5) is 10.9. The van der Waals surface area contributed by atoms with Gasteiger partial charge >= 0.3 is 5.97 Å². The van der Waals surface area contributed by atoms with Crippen LogP contribution in [0.25, 0.3) is 0 Å². The highest BCUT2D eigenvalue weighted by atomic mass is 35.5. The number of aliphatic carboxylic acids is 1. The Labute approximate surface area is 111 Å². The molecule has 0 saturated carbocycles. The van der Waals surface area contributed by atoms with Gasteiger partial charge in [0.15, 0.2) is 0 Å². The van der Waals surface area contributed by atoms with Crippen molar-refractivity contribution in [1.82, 2.24) is 4.31 Å². The molecule has 0 fully saturated rings. The average Bonchev–Trinajstić information content (AvgIpc) is 2.29. The lowest BCUT2D eigenvalue weighted by Gasteiger charge is -2.22. The van der Waals surface area contributed by atoms with Crippen LogP contribution in [-0.4, -0.2) is 36.9 Å². The van der Waals surface area contributed by atoms with Crippen LogP contribution in [0.1, 0.15) is 12.5 Å². The Hall–Kier alpha value is -1.11. The molecule has 1 aromatic rings. The van der Waals surface area contributed by atoms with Gasteiger partial charge in [0.1, 0.15) is 6.04 Å². The van der Waals surface area contributed by atoms with Gasteiger partial charge in [0, 0.05) is 12.1 Å². The van der Waals surface area contributed by atoms with E-state index in [1.54, 1.807) is 19.1 Å². The van der Waals surface area contributed by atoms with Crippen molar-refractivity contribution in [2.75, 3.05) is 7.05 Å². The third kappa shape index (κ3) is 2.82. The van der Waals surface area contributed by atoms with Crippen LogP contribution >= 0.6 is 11.6 Å².